The van der Waals surface area contributed by atoms with E-state index in [9.17, 15) is 46.2 Å². The molecule has 1 unspecified atom stereocenters. The number of aliphatic hydroxyl groups is 2. The second-order valence-corrected chi connectivity index (χ2v) is 23.5. The van der Waals surface area contributed by atoms with Crippen LogP contribution in [0.2, 0.25) is 0 Å². The van der Waals surface area contributed by atoms with E-state index in [4.69, 9.17) is 38.1 Å². The van der Waals surface area contributed by atoms with Crippen LogP contribution in [0, 0.1) is 0 Å². The number of nitrogens with zero attached hydrogens (tertiary/aromatic N) is 2. The van der Waals surface area contributed by atoms with Crippen LogP contribution in [-0.4, -0.2) is 173 Å². The molecule has 436 valence electrons. The van der Waals surface area contributed by atoms with Crippen molar-refractivity contribution < 1.29 is 97.9 Å². The number of esters is 2. The van der Waals surface area contributed by atoms with Gasteiger partial charge in [0.05, 0.1) is 58.8 Å². The van der Waals surface area contributed by atoms with E-state index >= 15 is 0 Å². The van der Waals surface area contributed by atoms with Gasteiger partial charge in [0.2, 0.25) is 0 Å². The number of carbonyl (C=O) groups is 7. The van der Waals surface area contributed by atoms with Crippen molar-refractivity contribution in [3.8, 4) is 0 Å². The van der Waals surface area contributed by atoms with Gasteiger partial charge in [0.1, 0.15) is 34.0 Å². The highest BCUT2D eigenvalue weighted by molar-refractivity contribution is 7.85. The van der Waals surface area contributed by atoms with Crippen LogP contribution in [0.3, 0.4) is 0 Å². The average molecular weight is 1110 g/mol. The topological polar surface area (TPSA) is 337 Å². The van der Waals surface area contributed by atoms with Crippen LogP contribution in [0.5, 0.6) is 0 Å². The number of alkyl carbamates (subject to hydrolysis) is 3. The van der Waals surface area contributed by atoms with Gasteiger partial charge in [-0.05, 0) is 130 Å². The average Bonchev–Trinajstić information content (AvgIpc) is 3.78. The van der Waals surface area contributed by atoms with Crippen molar-refractivity contribution in [2.24, 2.45) is 0 Å². The second kappa shape index (κ2) is 33.3. The first-order valence-electron chi connectivity index (χ1n) is 23.9. The van der Waals surface area contributed by atoms with Gasteiger partial charge in [-0.25, -0.2) is 37.8 Å². The van der Waals surface area contributed by atoms with Gasteiger partial charge in [-0.15, -0.1) is 0 Å². The fraction of sp³-hybridized carbons (Fsp3) is 0.848. The number of methoxy groups -OCH3 is 2. The van der Waals surface area contributed by atoms with E-state index in [1.165, 1.54) is 14.2 Å². The first kappa shape index (κ1) is 73.5. The molecule has 0 aromatic carbocycles. The minimum absolute atomic E-state index is 0.00191. The molecule has 74 heavy (non-hydrogen) atoms. The summed E-state index contributed by atoms with van der Waals surface area (Å²) in [6, 6.07) is -2.58. The van der Waals surface area contributed by atoms with Crippen molar-refractivity contribution in [1.82, 2.24) is 24.6 Å². The maximum Gasteiger partial charge on any atom is 0.426 e. The van der Waals surface area contributed by atoms with E-state index in [-0.39, 0.29) is 25.3 Å². The quantitative estimate of drug-likeness (QED) is 0.123. The summed E-state index contributed by atoms with van der Waals surface area (Å²) in [6.07, 6.45) is -0.965. The largest absolute Gasteiger partial charge is 0.467 e. The van der Waals surface area contributed by atoms with Gasteiger partial charge < -0.3 is 59.3 Å². The minimum atomic E-state index is -3.96. The van der Waals surface area contributed by atoms with E-state index in [0.717, 1.165) is 4.31 Å². The van der Waals surface area contributed by atoms with Gasteiger partial charge in [0, 0.05) is 0 Å². The maximum atomic E-state index is 11.7. The third-order valence-corrected chi connectivity index (χ3v) is 10.8. The Balaban J connectivity index is -0.000000853. The summed E-state index contributed by atoms with van der Waals surface area (Å²) in [6.45, 7) is 33.1. The molecule has 2 aliphatic rings. The number of aliphatic hydroxyl groups excluding tert-OH is 2. The van der Waals surface area contributed by atoms with Crippen LogP contribution in [-0.2, 0) is 72.7 Å². The molecule has 0 aliphatic carbocycles. The summed E-state index contributed by atoms with van der Waals surface area (Å²) in [7, 11) is -1.51. The fourth-order valence-corrected chi connectivity index (χ4v) is 7.16. The highest BCUT2D eigenvalue weighted by Gasteiger charge is 2.44. The lowest BCUT2D eigenvalue weighted by atomic mass is 10.2. The number of hydrogen-bond acceptors (Lipinski definition) is 21. The molecular weight excluding hydrogens is 1020 g/mol. The Labute approximate surface area is 441 Å². The predicted octanol–water partition coefficient (Wildman–Crippen LogP) is 5.68. The zero-order chi connectivity index (χ0) is 58.8. The molecule has 0 spiro atoms. The van der Waals surface area contributed by atoms with Gasteiger partial charge in [-0.1, -0.05) is 27.7 Å². The van der Waals surface area contributed by atoms with Gasteiger partial charge >= 0.3 is 52.7 Å². The molecule has 2 saturated heterocycles. The molecule has 0 aromatic heterocycles. The van der Waals surface area contributed by atoms with Crippen molar-refractivity contribution in [3.63, 3.8) is 0 Å². The number of nitrogens with one attached hydrogen (secondary N) is 3. The van der Waals surface area contributed by atoms with Crippen molar-refractivity contribution >= 4 is 64.0 Å². The minimum Gasteiger partial charge on any atom is -0.467 e. The van der Waals surface area contributed by atoms with Crippen LogP contribution in [0.4, 0.5) is 24.0 Å². The fourth-order valence-electron chi connectivity index (χ4n) is 4.93. The van der Waals surface area contributed by atoms with Gasteiger partial charge in [0.25, 0.3) is 11.3 Å². The second-order valence-electron chi connectivity index (χ2n) is 20.9. The van der Waals surface area contributed by atoms with E-state index in [0.29, 0.717) is 36.6 Å². The molecule has 2 aliphatic heterocycles. The van der Waals surface area contributed by atoms with Crippen LogP contribution in [0.1, 0.15) is 157 Å². The summed E-state index contributed by atoms with van der Waals surface area (Å²) in [5.41, 5.74) is -3.02. The van der Waals surface area contributed by atoms with Crippen molar-refractivity contribution in [2.75, 3.05) is 40.6 Å². The summed E-state index contributed by atoms with van der Waals surface area (Å²) in [5.74, 6) is -1.19. The molecule has 6 atom stereocenters. The molecule has 5 N–H and O–H groups in total. The van der Waals surface area contributed by atoms with E-state index in [2.05, 4.69) is 29.6 Å². The Hall–Kier alpha value is -4.77. The number of ether oxygens (including phenoxy) is 7. The zero-order valence-electron chi connectivity index (χ0n) is 47.4. The molecule has 0 radical (unpaired) electrons. The molecule has 28 heteroatoms. The lowest BCUT2D eigenvalue weighted by molar-refractivity contribution is -0.144. The Morgan fingerprint density at radius 3 is 1.28 bits per heavy atom. The molecule has 0 saturated carbocycles. The third kappa shape index (κ3) is 33.9. The molecule has 0 aromatic rings. The monoisotopic (exact) mass is 1110 g/mol. The molecule has 2 fully saturated rings. The van der Waals surface area contributed by atoms with Crippen LogP contribution >= 0.6 is 0 Å². The summed E-state index contributed by atoms with van der Waals surface area (Å²) in [5, 5.41) is 24.8. The van der Waals surface area contributed by atoms with Crippen molar-refractivity contribution in [3.05, 3.63) is 0 Å². The number of amides is 5. The zero-order valence-corrected chi connectivity index (χ0v) is 49.0. The van der Waals surface area contributed by atoms with E-state index in [1.807, 2.05) is 13.8 Å². The van der Waals surface area contributed by atoms with E-state index in [1.54, 1.807) is 118 Å². The third-order valence-electron chi connectivity index (χ3n) is 8.30. The molecule has 26 nitrogen and oxygen atoms in total. The number of hydrogen-bond donors (Lipinski definition) is 5. The SMILES string of the molecule is CC[C@@H](CO)NC(=O)OC(C)(C)C.CC[C@H](NC(=O)OC(C)(C)C)C(=O)OC.CC[C@H]1COS(=O)(=O)N1C(=O)OC(C)(C)C.CC[C@H]1COS(=O)N1C(=O)OC(C)(C)C.COC(=O)[C@H](CO)NC(=O)OC(C)(C)C. The standard InChI is InChI=1S/C10H19NO4.C9H17NO5S.C9H17NO5.C9H17NO4S.C9H19NO3/c1-6-7(8(12)14-5)11-9(13)15-10(2,3)4;1-5-7-6-14-16(12,13)10(7)8(11)15-9(2,3)4;1-9(2,3)15-8(13)10-6(5-11)7(12)14-4;1-5-7-6-13-15(12)10(7)8(11)14-9(2,3)4;1-5-7(6-11)10-8(12)13-9(2,3)4/h7H,6H2,1-5H3,(H,11,13);7H,5-6H2,1-4H3;6,11H,5H2,1-4H3,(H,10,13);7H,5-6H2,1-4H3;7,11H,5-6H2,1-4H3,(H,10,12)/t2*7-;6-;7-,15?;7-/m00000/s1. The molecular formula is C46H89N5O21S2. The molecule has 2 rings (SSSR count). The van der Waals surface area contributed by atoms with Crippen molar-refractivity contribution in [2.45, 2.75) is 215 Å². The number of carbonyl (C=O) groups excluding carboxylic acids is 7. The Bertz CT molecular complexity index is 1830. The normalized spacial score (nSPS) is 18.3. The Kier molecular flexibility index (Phi) is 33.1. The van der Waals surface area contributed by atoms with Crippen LogP contribution in [0.25, 0.3) is 0 Å². The Morgan fingerprint density at radius 2 is 0.946 bits per heavy atom. The summed E-state index contributed by atoms with van der Waals surface area (Å²) >= 11 is -1.70. The molecule has 0 bridgehead atoms. The van der Waals surface area contributed by atoms with E-state index < -0.39 is 117 Å². The Morgan fingerprint density at radius 1 is 0.568 bits per heavy atom. The lowest BCUT2D eigenvalue weighted by Crippen LogP contribution is -2.46. The van der Waals surface area contributed by atoms with Gasteiger partial charge in [-0.2, -0.15) is 17.0 Å². The highest BCUT2D eigenvalue weighted by atomic mass is 32.2. The first-order chi connectivity index (χ1) is 33.5. The maximum absolute atomic E-state index is 11.7. The van der Waals surface area contributed by atoms with Gasteiger partial charge in [-0.3, -0.25) is 8.37 Å². The summed E-state index contributed by atoms with van der Waals surface area (Å²) in [4.78, 5) is 79.2. The lowest BCUT2D eigenvalue weighted by Gasteiger charge is -2.25. The number of rotatable bonds is 11. The van der Waals surface area contributed by atoms with Crippen LogP contribution in [0.15, 0.2) is 0 Å². The predicted molar refractivity (Wildman–Crippen MR) is 272 cm³/mol. The first-order valence-corrected chi connectivity index (χ1v) is 26.3. The van der Waals surface area contributed by atoms with Crippen molar-refractivity contribution in [1.29, 1.82) is 0 Å². The molecule has 2 heterocycles. The smallest absolute Gasteiger partial charge is 0.426 e. The van der Waals surface area contributed by atoms with Crippen LogP contribution < -0.4 is 16.0 Å². The highest BCUT2D eigenvalue weighted by Crippen LogP contribution is 2.24. The summed E-state index contributed by atoms with van der Waals surface area (Å²) < 4.78 is 79.6. The molecule has 5 amide bonds. The van der Waals surface area contributed by atoms with Gasteiger partial charge in [0.15, 0.2) is 6.04 Å².